The van der Waals surface area contributed by atoms with Crippen LogP contribution in [0.3, 0.4) is 0 Å². The van der Waals surface area contributed by atoms with Crippen molar-refractivity contribution in [2.75, 3.05) is 0 Å². The van der Waals surface area contributed by atoms with E-state index in [-0.39, 0.29) is 6.04 Å². The molecule has 2 aromatic rings. The van der Waals surface area contributed by atoms with Gasteiger partial charge >= 0.3 is 0 Å². The average Bonchev–Trinajstić information content (AvgIpc) is 2.45. The Bertz CT molecular complexity index is 542. The van der Waals surface area contributed by atoms with Gasteiger partial charge in [-0.15, -0.1) is 0 Å². The average molecular weight is 320 g/mol. The summed E-state index contributed by atoms with van der Waals surface area (Å²) in [6.45, 7) is 2.63. The summed E-state index contributed by atoms with van der Waals surface area (Å²) >= 11 is 3.46. The zero-order valence-electron chi connectivity index (χ0n) is 11.0. The molecule has 2 nitrogen and oxygen atoms in total. The van der Waals surface area contributed by atoms with Gasteiger partial charge in [-0.25, -0.2) is 0 Å². The molecule has 0 aliphatic carbocycles. The molecular formula is C16H18BrNO. The molecule has 0 aliphatic rings. The molecule has 0 heterocycles. The third kappa shape index (κ3) is 3.82. The Morgan fingerprint density at radius 3 is 2.68 bits per heavy atom. The Morgan fingerprint density at radius 2 is 1.95 bits per heavy atom. The number of halogens is 1. The lowest BCUT2D eigenvalue weighted by Crippen LogP contribution is -2.10. The first-order valence-corrected chi connectivity index (χ1v) is 7.21. The minimum Gasteiger partial charge on any atom is -0.489 e. The van der Waals surface area contributed by atoms with E-state index in [2.05, 4.69) is 28.9 Å². The van der Waals surface area contributed by atoms with Crippen LogP contribution in [0.1, 0.15) is 30.5 Å². The lowest BCUT2D eigenvalue weighted by Gasteiger charge is -2.15. The van der Waals surface area contributed by atoms with Crippen molar-refractivity contribution in [1.29, 1.82) is 0 Å². The van der Waals surface area contributed by atoms with Crippen LogP contribution >= 0.6 is 15.9 Å². The zero-order chi connectivity index (χ0) is 13.7. The van der Waals surface area contributed by atoms with Gasteiger partial charge in [-0.1, -0.05) is 53.2 Å². The highest BCUT2D eigenvalue weighted by Gasteiger charge is 2.09. The van der Waals surface area contributed by atoms with E-state index in [0.29, 0.717) is 6.61 Å². The molecule has 2 rings (SSSR count). The van der Waals surface area contributed by atoms with Crippen LogP contribution in [0.2, 0.25) is 0 Å². The van der Waals surface area contributed by atoms with Gasteiger partial charge in [-0.05, 0) is 30.2 Å². The Kier molecular flexibility index (Phi) is 5.00. The van der Waals surface area contributed by atoms with E-state index in [1.54, 1.807) is 0 Å². The number of ether oxygens (including phenoxy) is 1. The highest BCUT2D eigenvalue weighted by molar-refractivity contribution is 9.10. The Morgan fingerprint density at radius 1 is 1.16 bits per heavy atom. The molecule has 0 fully saturated rings. The molecular weight excluding hydrogens is 302 g/mol. The van der Waals surface area contributed by atoms with Crippen LogP contribution < -0.4 is 10.5 Å². The second kappa shape index (κ2) is 6.73. The van der Waals surface area contributed by atoms with Gasteiger partial charge in [0, 0.05) is 16.1 Å². The first kappa shape index (κ1) is 14.1. The molecule has 1 atom stereocenters. The van der Waals surface area contributed by atoms with E-state index < -0.39 is 0 Å². The van der Waals surface area contributed by atoms with Crippen molar-refractivity contribution in [3.63, 3.8) is 0 Å². The molecule has 3 heteroatoms. The van der Waals surface area contributed by atoms with Crippen LogP contribution in [0.25, 0.3) is 0 Å². The molecule has 0 amide bonds. The molecule has 0 saturated heterocycles. The standard InChI is InChI=1S/C16H18BrNO/c1-2-15(18)14-8-3-4-9-16(14)19-11-12-6-5-7-13(17)10-12/h3-10,15H,2,11,18H2,1H3. The first-order valence-electron chi connectivity index (χ1n) is 6.42. The molecule has 2 N–H and O–H groups in total. The molecule has 0 saturated carbocycles. The summed E-state index contributed by atoms with van der Waals surface area (Å²) in [6.07, 6.45) is 0.900. The van der Waals surface area contributed by atoms with E-state index in [1.807, 2.05) is 42.5 Å². The van der Waals surface area contributed by atoms with Gasteiger partial charge in [0.1, 0.15) is 12.4 Å². The normalized spacial score (nSPS) is 12.2. The quantitative estimate of drug-likeness (QED) is 0.884. The van der Waals surface area contributed by atoms with E-state index in [4.69, 9.17) is 10.5 Å². The Hall–Kier alpha value is -1.32. The van der Waals surface area contributed by atoms with E-state index >= 15 is 0 Å². The van der Waals surface area contributed by atoms with Crippen LogP contribution in [0.15, 0.2) is 53.0 Å². The second-order valence-electron chi connectivity index (χ2n) is 4.47. The fourth-order valence-corrected chi connectivity index (χ4v) is 2.37. The lowest BCUT2D eigenvalue weighted by molar-refractivity contribution is 0.300. The van der Waals surface area contributed by atoms with Gasteiger partial charge in [-0.2, -0.15) is 0 Å². The molecule has 100 valence electrons. The number of rotatable bonds is 5. The van der Waals surface area contributed by atoms with E-state index in [9.17, 15) is 0 Å². The maximum absolute atomic E-state index is 6.10. The monoisotopic (exact) mass is 319 g/mol. The summed E-state index contributed by atoms with van der Waals surface area (Å²) in [5.74, 6) is 0.872. The number of hydrogen-bond acceptors (Lipinski definition) is 2. The van der Waals surface area contributed by atoms with E-state index in [1.165, 1.54) is 0 Å². The third-order valence-electron chi connectivity index (χ3n) is 3.04. The molecule has 0 radical (unpaired) electrons. The van der Waals surface area contributed by atoms with Gasteiger partial charge in [0.2, 0.25) is 0 Å². The van der Waals surface area contributed by atoms with Crippen molar-refractivity contribution in [1.82, 2.24) is 0 Å². The van der Waals surface area contributed by atoms with Crippen molar-refractivity contribution >= 4 is 15.9 Å². The highest BCUT2D eigenvalue weighted by atomic mass is 79.9. The summed E-state index contributed by atoms with van der Waals surface area (Å²) in [7, 11) is 0. The summed E-state index contributed by atoms with van der Waals surface area (Å²) in [5, 5.41) is 0. The predicted molar refractivity (Wildman–Crippen MR) is 82.1 cm³/mol. The van der Waals surface area contributed by atoms with Crippen molar-refractivity contribution < 1.29 is 4.74 Å². The van der Waals surface area contributed by atoms with E-state index in [0.717, 1.165) is 27.8 Å². The summed E-state index contributed by atoms with van der Waals surface area (Å²) in [4.78, 5) is 0. The van der Waals surface area contributed by atoms with Crippen LogP contribution in [0.4, 0.5) is 0 Å². The smallest absolute Gasteiger partial charge is 0.124 e. The predicted octanol–water partition coefficient (Wildman–Crippen LogP) is 4.44. The van der Waals surface area contributed by atoms with Crippen LogP contribution in [0.5, 0.6) is 5.75 Å². The Labute approximate surface area is 122 Å². The molecule has 0 bridgehead atoms. The molecule has 1 unspecified atom stereocenters. The van der Waals surface area contributed by atoms with Gasteiger partial charge in [0.15, 0.2) is 0 Å². The maximum Gasteiger partial charge on any atom is 0.124 e. The van der Waals surface area contributed by atoms with Crippen molar-refractivity contribution in [2.45, 2.75) is 26.0 Å². The lowest BCUT2D eigenvalue weighted by atomic mass is 10.0. The van der Waals surface area contributed by atoms with Crippen LogP contribution in [-0.2, 0) is 6.61 Å². The number of benzene rings is 2. The number of hydrogen-bond donors (Lipinski definition) is 1. The number of para-hydroxylation sites is 1. The number of nitrogens with two attached hydrogens (primary N) is 1. The van der Waals surface area contributed by atoms with Gasteiger partial charge in [0.05, 0.1) is 0 Å². The highest BCUT2D eigenvalue weighted by Crippen LogP contribution is 2.26. The fourth-order valence-electron chi connectivity index (χ4n) is 1.93. The molecule has 0 aromatic heterocycles. The molecule has 0 spiro atoms. The van der Waals surface area contributed by atoms with Crippen molar-refractivity contribution in [2.24, 2.45) is 5.73 Å². The third-order valence-corrected chi connectivity index (χ3v) is 3.53. The van der Waals surface area contributed by atoms with Crippen molar-refractivity contribution in [3.8, 4) is 5.75 Å². The minimum atomic E-state index is 0.0266. The molecule has 2 aromatic carbocycles. The van der Waals surface area contributed by atoms with Gasteiger partial charge in [0.25, 0.3) is 0 Å². The maximum atomic E-state index is 6.10. The minimum absolute atomic E-state index is 0.0266. The zero-order valence-corrected chi connectivity index (χ0v) is 12.6. The van der Waals surface area contributed by atoms with Gasteiger partial charge < -0.3 is 10.5 Å². The fraction of sp³-hybridized carbons (Fsp3) is 0.250. The summed E-state index contributed by atoms with van der Waals surface area (Å²) in [6, 6.07) is 16.1. The first-order chi connectivity index (χ1) is 9.20. The second-order valence-corrected chi connectivity index (χ2v) is 5.39. The van der Waals surface area contributed by atoms with Crippen LogP contribution in [-0.4, -0.2) is 0 Å². The van der Waals surface area contributed by atoms with Crippen LogP contribution in [0, 0.1) is 0 Å². The van der Waals surface area contributed by atoms with Gasteiger partial charge in [-0.3, -0.25) is 0 Å². The largest absolute Gasteiger partial charge is 0.489 e. The van der Waals surface area contributed by atoms with Crippen molar-refractivity contribution in [3.05, 3.63) is 64.1 Å². The molecule has 0 aliphatic heterocycles. The summed E-state index contributed by atoms with van der Waals surface area (Å²) < 4.78 is 6.96. The summed E-state index contributed by atoms with van der Waals surface area (Å²) in [5.41, 5.74) is 8.30. The SMILES string of the molecule is CCC(N)c1ccccc1OCc1cccc(Br)c1. The Balaban J connectivity index is 2.11. The molecule has 19 heavy (non-hydrogen) atoms. The topological polar surface area (TPSA) is 35.2 Å².